The molecule has 3 N–H and O–H groups in total. The van der Waals surface area contributed by atoms with E-state index in [4.69, 9.17) is 14.0 Å². The number of aromatic nitrogens is 1. The van der Waals surface area contributed by atoms with Gasteiger partial charge in [-0.2, -0.15) is 10.5 Å². The summed E-state index contributed by atoms with van der Waals surface area (Å²) < 4.78 is 26.0. The summed E-state index contributed by atoms with van der Waals surface area (Å²) >= 11 is 0. The summed E-state index contributed by atoms with van der Waals surface area (Å²) in [6, 6.07) is 20.4. The molecule has 0 spiro atoms. The summed E-state index contributed by atoms with van der Waals surface area (Å²) in [4.78, 5) is 53.7. The number of amides is 3. The van der Waals surface area contributed by atoms with Crippen LogP contribution in [0.5, 0.6) is 11.8 Å². The molecule has 0 unspecified atom stereocenters. The van der Waals surface area contributed by atoms with Crippen LogP contribution in [0.15, 0.2) is 95.4 Å². The van der Waals surface area contributed by atoms with E-state index < -0.39 is 41.4 Å². The maximum Gasteiger partial charge on any atom is 0.394 e. The first-order valence-corrected chi connectivity index (χ1v) is 16.7. The molecular weight excluding hydrogens is 629 g/mol. The molecule has 1 saturated heterocycles. The Morgan fingerprint density at radius 3 is 2.69 bits per heavy atom. The number of allylic oxidation sites excluding steroid dienone is 1. The second-order valence-electron chi connectivity index (χ2n) is 12.8. The summed E-state index contributed by atoms with van der Waals surface area (Å²) in [5, 5.41) is 6.22. The second-order valence-corrected chi connectivity index (χ2v) is 12.8. The van der Waals surface area contributed by atoms with Crippen molar-refractivity contribution in [3.05, 3.63) is 96.8 Å². The maximum absolute atomic E-state index is 14.4. The molecule has 1 aromatic heterocycles. The predicted molar refractivity (Wildman–Crippen MR) is 179 cm³/mol. The van der Waals surface area contributed by atoms with Crippen molar-refractivity contribution in [2.75, 3.05) is 11.9 Å². The number of nitrogens with one attached hydrogen (secondary N) is 3. The van der Waals surface area contributed by atoms with E-state index in [1.54, 1.807) is 48.5 Å². The van der Waals surface area contributed by atoms with Gasteiger partial charge in [-0.05, 0) is 68.1 Å². The van der Waals surface area contributed by atoms with Gasteiger partial charge in [0.1, 0.15) is 35.1 Å². The molecule has 12 heteroatoms. The largest absolute Gasteiger partial charge is 0.445 e. The Bertz CT molecular complexity index is 1820. The minimum atomic E-state index is -1.25. The van der Waals surface area contributed by atoms with E-state index in [2.05, 4.69) is 21.1 Å². The molecule has 3 aliphatic rings. The molecule has 7 rings (SSSR count). The number of oxazole rings is 1. The van der Waals surface area contributed by atoms with Crippen LogP contribution in [0.2, 0.25) is 0 Å². The zero-order valence-corrected chi connectivity index (χ0v) is 26.8. The van der Waals surface area contributed by atoms with Gasteiger partial charge < -0.3 is 29.5 Å². The lowest BCUT2D eigenvalue weighted by molar-refractivity contribution is -0.141. The summed E-state index contributed by atoms with van der Waals surface area (Å²) in [6.07, 6.45) is 7.73. The fourth-order valence-electron chi connectivity index (χ4n) is 6.67. The number of ether oxygens (including phenoxy) is 1. The summed E-state index contributed by atoms with van der Waals surface area (Å²) in [7, 11) is 0. The van der Waals surface area contributed by atoms with E-state index in [0.29, 0.717) is 35.4 Å². The normalized spacial score (nSPS) is 26.3. The minimum absolute atomic E-state index is 0.0394. The van der Waals surface area contributed by atoms with Crippen molar-refractivity contribution in [1.29, 1.82) is 0 Å². The maximum atomic E-state index is 14.4. The molecule has 49 heavy (non-hydrogen) atoms. The van der Waals surface area contributed by atoms with Gasteiger partial charge in [-0.15, -0.1) is 0 Å². The highest BCUT2D eigenvalue weighted by Gasteiger charge is 2.61. The number of nitrogens with zero attached hydrogens (tertiary/aromatic N) is 2. The lowest BCUT2D eigenvalue weighted by Gasteiger charge is -2.30. The monoisotopic (exact) mass is 667 g/mol. The van der Waals surface area contributed by atoms with Crippen molar-refractivity contribution in [2.45, 2.75) is 68.7 Å². The van der Waals surface area contributed by atoms with E-state index in [0.717, 1.165) is 25.7 Å². The zero-order valence-electron chi connectivity index (χ0n) is 26.8. The second kappa shape index (κ2) is 14.0. The lowest BCUT2D eigenvalue weighted by atomic mass is 10.0. The van der Waals surface area contributed by atoms with E-state index in [1.165, 1.54) is 17.0 Å². The van der Waals surface area contributed by atoms with Crippen molar-refractivity contribution < 1.29 is 32.8 Å². The number of rotatable bonds is 7. The van der Waals surface area contributed by atoms with E-state index in [-0.39, 0.29) is 30.9 Å². The molecule has 4 aromatic rings. The number of hydrogen-bond donors (Lipinski definition) is 3. The highest BCUT2D eigenvalue weighted by atomic mass is 19.1. The first-order valence-electron chi connectivity index (χ1n) is 16.7. The third kappa shape index (κ3) is 7.23. The average Bonchev–Trinajstić information content (AvgIpc) is 3.41. The Morgan fingerprint density at radius 2 is 1.86 bits per heavy atom. The minimum Gasteiger partial charge on any atom is -0.445 e. The van der Waals surface area contributed by atoms with Crippen LogP contribution in [-0.2, 0) is 14.4 Å². The van der Waals surface area contributed by atoms with Gasteiger partial charge in [0.25, 0.3) is 5.91 Å². The van der Waals surface area contributed by atoms with Gasteiger partial charge >= 0.3 is 6.08 Å². The molecule has 0 radical (unpaired) electrons. The highest BCUT2D eigenvalue weighted by Crippen LogP contribution is 2.45. The molecule has 3 heterocycles. The number of fused-ring (bicyclic) bond motifs is 3. The summed E-state index contributed by atoms with van der Waals surface area (Å²) in [6.45, 7) is 0.0800. The Morgan fingerprint density at radius 1 is 1.02 bits per heavy atom. The van der Waals surface area contributed by atoms with Crippen LogP contribution >= 0.6 is 0 Å². The number of carbonyl (C=O) groups excluding carboxylic acids is 3. The van der Waals surface area contributed by atoms with E-state index >= 15 is 0 Å². The summed E-state index contributed by atoms with van der Waals surface area (Å²) in [5.74, 6) is -1.51. The summed E-state index contributed by atoms with van der Waals surface area (Å²) in [5.41, 5.74) is 2.91. The van der Waals surface area contributed by atoms with Crippen molar-refractivity contribution >= 4 is 34.5 Å². The molecule has 2 fully saturated rings. The smallest absolute Gasteiger partial charge is 0.394 e. The average molecular weight is 668 g/mol. The van der Waals surface area contributed by atoms with Gasteiger partial charge in [0.15, 0.2) is 11.3 Å². The molecule has 3 aromatic carbocycles. The lowest BCUT2D eigenvalue weighted by Crippen LogP contribution is -2.57. The molecule has 11 nitrogen and oxygen atoms in total. The Hall–Kier alpha value is -5.39. The SMILES string of the molecule is O=C1N[C@]2(C(=O)NOc3ccccc3)C[C@@H]2/C=C\CCCCC[C@H](Nc2cccc(F)c2)C(=O)N2C[C@H](Oc3nc4ccccc4o3)C[C@@H]12. The van der Waals surface area contributed by atoms with Crippen LogP contribution in [0.3, 0.4) is 0 Å². The number of anilines is 1. The zero-order chi connectivity index (χ0) is 33.8. The Kier molecular flexibility index (Phi) is 9.19. The molecule has 0 bridgehead atoms. The Balaban J connectivity index is 1.16. The Labute approximate surface area is 282 Å². The molecular formula is C37H38FN5O6. The van der Waals surface area contributed by atoms with E-state index in [1.807, 2.05) is 30.4 Å². The number of benzene rings is 3. The van der Waals surface area contributed by atoms with Crippen molar-refractivity contribution in [3.63, 3.8) is 0 Å². The number of para-hydroxylation sites is 3. The number of hydroxylamine groups is 1. The predicted octanol–water partition coefficient (Wildman–Crippen LogP) is 5.30. The van der Waals surface area contributed by atoms with Gasteiger partial charge in [0, 0.05) is 18.0 Å². The molecule has 3 amide bonds. The first-order chi connectivity index (χ1) is 23.9. The van der Waals surface area contributed by atoms with Crippen LogP contribution in [-0.4, -0.2) is 57.9 Å². The first kappa shape index (κ1) is 32.2. The fourth-order valence-corrected chi connectivity index (χ4v) is 6.67. The van der Waals surface area contributed by atoms with Crippen LogP contribution < -0.4 is 25.7 Å². The third-order valence-electron chi connectivity index (χ3n) is 9.36. The van der Waals surface area contributed by atoms with E-state index in [9.17, 15) is 18.8 Å². The quantitative estimate of drug-likeness (QED) is 0.179. The third-order valence-corrected chi connectivity index (χ3v) is 9.36. The van der Waals surface area contributed by atoms with Gasteiger partial charge in [0.2, 0.25) is 11.8 Å². The van der Waals surface area contributed by atoms with Crippen LogP contribution in [0, 0.1) is 11.7 Å². The molecule has 254 valence electrons. The standard InChI is InChI=1S/C37H38FN5O6/c38-25-13-11-14-26(20-25)39-30-18-8-3-1-2-5-12-24-22-37(24,35(46)42-49-27-15-6-4-7-16-27)41-33(44)31-21-28(23-43(31)34(30)45)47-36-40-29-17-9-10-19-32(29)48-36/h4-7,9-17,19-20,24,28,30-31,39H,1-3,8,18,21-23H2,(H,41,44)(H,42,46)/b12-5-/t24-,28+,30-,31-,37+/m0/s1. The van der Waals surface area contributed by atoms with Crippen molar-refractivity contribution in [1.82, 2.24) is 20.7 Å². The molecule has 1 aliphatic carbocycles. The van der Waals surface area contributed by atoms with Crippen LogP contribution in [0.25, 0.3) is 11.1 Å². The molecule has 2 aliphatic heterocycles. The van der Waals surface area contributed by atoms with Gasteiger partial charge in [-0.1, -0.05) is 61.4 Å². The fraction of sp³-hybridized carbons (Fsp3) is 0.351. The molecule has 1 saturated carbocycles. The van der Waals surface area contributed by atoms with Crippen LogP contribution in [0.4, 0.5) is 10.1 Å². The van der Waals surface area contributed by atoms with Gasteiger partial charge in [-0.25, -0.2) is 4.39 Å². The number of carbonyl (C=O) groups is 3. The van der Waals surface area contributed by atoms with Gasteiger partial charge in [-0.3, -0.25) is 14.4 Å². The molecule has 5 atom stereocenters. The van der Waals surface area contributed by atoms with Gasteiger partial charge in [0.05, 0.1) is 6.54 Å². The number of halogens is 1. The van der Waals surface area contributed by atoms with Crippen LogP contribution in [0.1, 0.15) is 44.9 Å². The van der Waals surface area contributed by atoms with Crippen molar-refractivity contribution in [3.8, 4) is 11.8 Å². The highest BCUT2D eigenvalue weighted by molar-refractivity contribution is 5.98. The van der Waals surface area contributed by atoms with Crippen molar-refractivity contribution in [2.24, 2.45) is 5.92 Å². The topological polar surface area (TPSA) is 135 Å². The number of hydrogen-bond acceptors (Lipinski definition) is 8.